The molecule has 5 nitrogen and oxygen atoms in total. The zero-order chi connectivity index (χ0) is 15.7. The summed E-state index contributed by atoms with van der Waals surface area (Å²) in [6, 6.07) is 0.419. The third kappa shape index (κ3) is 3.16. The number of aromatic nitrogens is 3. The predicted molar refractivity (Wildman–Crippen MR) is 87.9 cm³/mol. The van der Waals surface area contributed by atoms with Gasteiger partial charge >= 0.3 is 0 Å². The van der Waals surface area contributed by atoms with E-state index in [9.17, 15) is 4.79 Å². The minimum absolute atomic E-state index is 0.138. The summed E-state index contributed by atoms with van der Waals surface area (Å²) in [5.41, 5.74) is 0. The summed E-state index contributed by atoms with van der Waals surface area (Å²) in [6.07, 6.45) is 5.16. The molecule has 22 heavy (non-hydrogen) atoms. The molecule has 1 heterocycles. The van der Waals surface area contributed by atoms with Gasteiger partial charge in [0.2, 0.25) is 5.91 Å². The molecule has 0 spiro atoms. The van der Waals surface area contributed by atoms with E-state index in [4.69, 9.17) is 0 Å². The Labute approximate surface area is 136 Å². The normalized spacial score (nSPS) is 26.8. The second-order valence-corrected chi connectivity index (χ2v) is 7.82. The van der Waals surface area contributed by atoms with Crippen LogP contribution in [-0.4, -0.2) is 32.5 Å². The highest BCUT2D eigenvalue weighted by molar-refractivity contribution is 7.99. The van der Waals surface area contributed by atoms with Crippen LogP contribution in [0, 0.1) is 11.8 Å². The van der Waals surface area contributed by atoms with Crippen LogP contribution in [0.1, 0.15) is 58.2 Å². The number of hydrogen-bond acceptors (Lipinski definition) is 4. The Morgan fingerprint density at radius 1 is 1.36 bits per heavy atom. The molecule has 6 heteroatoms. The zero-order valence-corrected chi connectivity index (χ0v) is 14.5. The lowest BCUT2D eigenvalue weighted by atomic mass is 9.95. The fourth-order valence-corrected chi connectivity index (χ4v) is 4.75. The molecule has 3 rings (SSSR count). The summed E-state index contributed by atoms with van der Waals surface area (Å²) in [6.45, 7) is 7.17. The predicted octanol–water partition coefficient (Wildman–Crippen LogP) is 2.82. The summed E-state index contributed by atoms with van der Waals surface area (Å²) in [7, 11) is 0. The average Bonchev–Trinajstić information content (AvgIpc) is 3.19. The molecule has 2 bridgehead atoms. The van der Waals surface area contributed by atoms with E-state index >= 15 is 0 Å². The third-order valence-corrected chi connectivity index (χ3v) is 5.96. The first kappa shape index (κ1) is 15.8. The highest BCUT2D eigenvalue weighted by Crippen LogP contribution is 2.44. The van der Waals surface area contributed by atoms with Crippen molar-refractivity contribution in [3.63, 3.8) is 0 Å². The SMILES string of the molecule is CCn1c(SCC(=O)N[C@@H]2C[C@H]3CC[C@@H]2C3)nnc1C(C)C. The van der Waals surface area contributed by atoms with Crippen LogP contribution < -0.4 is 5.32 Å². The maximum absolute atomic E-state index is 12.2. The Morgan fingerprint density at radius 3 is 2.77 bits per heavy atom. The number of nitrogens with zero attached hydrogens (tertiary/aromatic N) is 3. The fraction of sp³-hybridized carbons (Fsp3) is 0.812. The highest BCUT2D eigenvalue weighted by atomic mass is 32.2. The molecule has 2 aliphatic rings. The van der Waals surface area contributed by atoms with Gasteiger partial charge in [-0.25, -0.2) is 0 Å². The minimum Gasteiger partial charge on any atom is -0.352 e. The molecule has 0 unspecified atom stereocenters. The molecule has 0 aromatic carbocycles. The van der Waals surface area contributed by atoms with Crippen LogP contribution in [-0.2, 0) is 11.3 Å². The van der Waals surface area contributed by atoms with Crippen LogP contribution in [0.15, 0.2) is 5.16 Å². The molecular formula is C16H26N4OS. The summed E-state index contributed by atoms with van der Waals surface area (Å²) >= 11 is 1.50. The number of hydrogen-bond donors (Lipinski definition) is 1. The standard InChI is InChI=1S/C16H26N4OS/c1-4-20-15(10(2)3)18-19-16(20)22-9-14(21)17-13-8-11-5-6-12(13)7-11/h10-13H,4-9H2,1-3H3,(H,17,21)/t11-,12+,13+/m0/s1. The number of carbonyl (C=O) groups excluding carboxylic acids is 1. The first-order valence-electron chi connectivity index (χ1n) is 8.43. The number of amides is 1. The number of fused-ring (bicyclic) bond motifs is 2. The van der Waals surface area contributed by atoms with Crippen LogP contribution in [0.4, 0.5) is 0 Å². The molecule has 0 radical (unpaired) electrons. The number of rotatable bonds is 6. The Morgan fingerprint density at radius 2 is 2.18 bits per heavy atom. The molecular weight excluding hydrogens is 296 g/mol. The molecule has 0 saturated heterocycles. The zero-order valence-electron chi connectivity index (χ0n) is 13.7. The van der Waals surface area contributed by atoms with Gasteiger partial charge in [-0.05, 0) is 38.0 Å². The van der Waals surface area contributed by atoms with Gasteiger partial charge < -0.3 is 9.88 Å². The van der Waals surface area contributed by atoms with E-state index in [0.717, 1.165) is 29.4 Å². The van der Waals surface area contributed by atoms with Gasteiger partial charge in [0.25, 0.3) is 0 Å². The molecule has 2 aliphatic carbocycles. The lowest BCUT2D eigenvalue weighted by Crippen LogP contribution is -2.39. The van der Waals surface area contributed by atoms with Gasteiger partial charge in [0, 0.05) is 18.5 Å². The van der Waals surface area contributed by atoms with Crippen molar-refractivity contribution < 1.29 is 4.79 Å². The Hall–Kier alpha value is -1.04. The van der Waals surface area contributed by atoms with E-state index in [2.05, 4.69) is 40.9 Å². The van der Waals surface area contributed by atoms with Gasteiger partial charge in [0.05, 0.1) is 5.75 Å². The van der Waals surface area contributed by atoms with Crippen molar-refractivity contribution in [2.75, 3.05) is 5.75 Å². The van der Waals surface area contributed by atoms with Crippen LogP contribution in [0.2, 0.25) is 0 Å². The molecule has 1 aromatic rings. The Kier molecular flexibility index (Phi) is 4.76. The van der Waals surface area contributed by atoms with Crippen molar-refractivity contribution in [1.29, 1.82) is 0 Å². The molecule has 2 saturated carbocycles. The topological polar surface area (TPSA) is 59.8 Å². The van der Waals surface area contributed by atoms with Crippen molar-refractivity contribution in [3.05, 3.63) is 5.82 Å². The second kappa shape index (κ2) is 6.60. The van der Waals surface area contributed by atoms with Crippen LogP contribution >= 0.6 is 11.8 Å². The van der Waals surface area contributed by atoms with Gasteiger partial charge in [0.1, 0.15) is 5.82 Å². The number of thioether (sulfide) groups is 1. The maximum atomic E-state index is 12.2. The summed E-state index contributed by atoms with van der Waals surface area (Å²) in [4.78, 5) is 12.2. The van der Waals surface area contributed by atoms with Crippen LogP contribution in [0.5, 0.6) is 0 Å². The monoisotopic (exact) mass is 322 g/mol. The van der Waals surface area contributed by atoms with Crippen molar-refractivity contribution in [2.45, 2.75) is 70.1 Å². The molecule has 1 N–H and O–H groups in total. The smallest absolute Gasteiger partial charge is 0.230 e. The van der Waals surface area contributed by atoms with E-state index in [0.29, 0.717) is 17.7 Å². The first-order chi connectivity index (χ1) is 10.6. The quantitative estimate of drug-likeness (QED) is 0.818. The summed E-state index contributed by atoms with van der Waals surface area (Å²) in [5.74, 6) is 3.51. The van der Waals surface area contributed by atoms with Crippen molar-refractivity contribution in [1.82, 2.24) is 20.1 Å². The number of carbonyl (C=O) groups is 1. The fourth-order valence-electron chi connectivity index (χ4n) is 3.93. The lowest BCUT2D eigenvalue weighted by Gasteiger charge is -2.22. The Balaban J connectivity index is 1.53. The van der Waals surface area contributed by atoms with Crippen LogP contribution in [0.25, 0.3) is 0 Å². The van der Waals surface area contributed by atoms with Crippen molar-refractivity contribution in [2.24, 2.45) is 11.8 Å². The highest BCUT2D eigenvalue weighted by Gasteiger charge is 2.40. The van der Waals surface area contributed by atoms with E-state index < -0.39 is 0 Å². The van der Waals surface area contributed by atoms with E-state index in [-0.39, 0.29) is 5.91 Å². The molecule has 2 fully saturated rings. The summed E-state index contributed by atoms with van der Waals surface area (Å²) in [5, 5.41) is 12.6. The van der Waals surface area contributed by atoms with Gasteiger partial charge in [-0.3, -0.25) is 4.79 Å². The largest absolute Gasteiger partial charge is 0.352 e. The number of nitrogens with one attached hydrogen (secondary N) is 1. The average molecular weight is 322 g/mol. The van der Waals surface area contributed by atoms with Crippen molar-refractivity contribution >= 4 is 17.7 Å². The molecule has 3 atom stereocenters. The minimum atomic E-state index is 0.138. The lowest BCUT2D eigenvalue weighted by molar-refractivity contribution is -0.119. The molecule has 0 aliphatic heterocycles. The van der Waals surface area contributed by atoms with Gasteiger partial charge in [-0.15, -0.1) is 10.2 Å². The maximum Gasteiger partial charge on any atom is 0.230 e. The van der Waals surface area contributed by atoms with E-state index in [1.807, 2.05) is 0 Å². The molecule has 1 aromatic heterocycles. The molecule has 1 amide bonds. The Bertz CT molecular complexity index is 542. The van der Waals surface area contributed by atoms with Gasteiger partial charge in [0.15, 0.2) is 5.16 Å². The van der Waals surface area contributed by atoms with E-state index in [1.165, 1.54) is 37.4 Å². The first-order valence-corrected chi connectivity index (χ1v) is 9.42. The second-order valence-electron chi connectivity index (χ2n) is 6.88. The third-order valence-electron chi connectivity index (χ3n) is 4.99. The van der Waals surface area contributed by atoms with Crippen LogP contribution in [0.3, 0.4) is 0 Å². The summed E-state index contributed by atoms with van der Waals surface area (Å²) < 4.78 is 2.11. The van der Waals surface area contributed by atoms with Gasteiger partial charge in [-0.1, -0.05) is 32.0 Å². The molecule has 122 valence electrons. The van der Waals surface area contributed by atoms with Gasteiger partial charge in [-0.2, -0.15) is 0 Å². The van der Waals surface area contributed by atoms with E-state index in [1.54, 1.807) is 0 Å². The van der Waals surface area contributed by atoms with Crippen molar-refractivity contribution in [3.8, 4) is 0 Å².